The first-order valence-corrected chi connectivity index (χ1v) is 9.65. The smallest absolute Gasteiger partial charge is 0.341 e. The highest BCUT2D eigenvalue weighted by Crippen LogP contribution is 2.40. The molecular formula is C22H26N2O5. The number of aliphatic carboxylic acids is 1. The fourth-order valence-corrected chi connectivity index (χ4v) is 3.97. The lowest BCUT2D eigenvalue weighted by molar-refractivity contribution is -0.140. The van der Waals surface area contributed by atoms with E-state index in [1.54, 1.807) is 0 Å². The van der Waals surface area contributed by atoms with E-state index in [-0.39, 0.29) is 5.92 Å². The fraction of sp³-hybridized carbons (Fsp3) is 0.364. The minimum Gasteiger partial charge on any atom is -0.482 e. The molecule has 1 aromatic carbocycles. The minimum absolute atomic E-state index is 0.110. The number of nitrogens with two attached hydrogens (primary N) is 1. The van der Waals surface area contributed by atoms with Crippen LogP contribution >= 0.6 is 0 Å². The van der Waals surface area contributed by atoms with Crippen molar-refractivity contribution in [1.82, 2.24) is 4.57 Å². The number of nitrogens with zero attached hydrogens (tertiary/aromatic N) is 1. The van der Waals surface area contributed by atoms with E-state index >= 15 is 0 Å². The van der Waals surface area contributed by atoms with Gasteiger partial charge < -0.3 is 25.3 Å². The summed E-state index contributed by atoms with van der Waals surface area (Å²) in [5.74, 6) is -1.46. The molecule has 0 spiro atoms. The molecule has 3 rings (SSSR count). The number of primary amides is 1. The summed E-state index contributed by atoms with van der Waals surface area (Å²) in [4.78, 5) is 22.9. The number of hydrogen-bond acceptors (Lipinski definition) is 4. The topological polar surface area (TPSA) is 115 Å². The van der Waals surface area contributed by atoms with Gasteiger partial charge in [0.25, 0.3) is 5.91 Å². The van der Waals surface area contributed by atoms with E-state index in [1.165, 1.54) is 0 Å². The lowest BCUT2D eigenvalue weighted by Gasteiger charge is -2.22. The zero-order valence-corrected chi connectivity index (χ0v) is 16.6. The molecule has 1 amide bonds. The number of carboxylic acid groups (broad SMARTS) is 1. The summed E-state index contributed by atoms with van der Waals surface area (Å²) in [5.41, 5.74) is 9.21. The van der Waals surface area contributed by atoms with Gasteiger partial charge in [0.2, 0.25) is 0 Å². The number of aromatic nitrogens is 1. The number of ether oxygens (including phenoxy) is 1. The van der Waals surface area contributed by atoms with Crippen molar-refractivity contribution in [2.24, 2.45) is 11.7 Å². The highest BCUT2D eigenvalue weighted by Gasteiger charge is 2.34. The van der Waals surface area contributed by atoms with E-state index in [0.29, 0.717) is 36.3 Å². The van der Waals surface area contributed by atoms with E-state index in [1.807, 2.05) is 50.3 Å². The first-order valence-electron chi connectivity index (χ1n) is 9.65. The van der Waals surface area contributed by atoms with Crippen LogP contribution in [-0.2, 0) is 33.7 Å². The van der Waals surface area contributed by atoms with Crippen LogP contribution in [0.3, 0.4) is 0 Å². The van der Waals surface area contributed by atoms with Gasteiger partial charge in [-0.2, -0.15) is 0 Å². The molecule has 0 aliphatic heterocycles. The number of carbonyl (C=O) groups excluding carboxylic acids is 1. The van der Waals surface area contributed by atoms with Crippen molar-refractivity contribution in [1.29, 1.82) is 0 Å². The summed E-state index contributed by atoms with van der Waals surface area (Å²) in [6.45, 7) is 4.03. The second kappa shape index (κ2) is 8.53. The van der Waals surface area contributed by atoms with Crippen LogP contribution in [-0.4, -0.2) is 33.3 Å². The average Bonchev–Trinajstić information content (AvgIpc) is 2.99. The van der Waals surface area contributed by atoms with Crippen LogP contribution in [0.2, 0.25) is 0 Å². The maximum atomic E-state index is 11.9. The Kier molecular flexibility index (Phi) is 6.08. The molecule has 7 nitrogen and oxygen atoms in total. The zero-order valence-electron chi connectivity index (χ0n) is 16.6. The Bertz CT molecular complexity index is 946. The Hall–Kier alpha value is -3.06. The lowest BCUT2D eigenvalue weighted by atomic mass is 9.90. The van der Waals surface area contributed by atoms with Gasteiger partial charge >= 0.3 is 5.97 Å². The normalized spacial score (nSPS) is 16.7. The number of rotatable bonds is 8. The zero-order chi connectivity index (χ0) is 21.1. The highest BCUT2D eigenvalue weighted by atomic mass is 16.5. The van der Waals surface area contributed by atoms with Crippen molar-refractivity contribution < 1.29 is 24.5 Å². The third-order valence-electron chi connectivity index (χ3n) is 5.13. The number of hydrogen-bond donors (Lipinski definition) is 3. The van der Waals surface area contributed by atoms with Crippen LogP contribution in [0.1, 0.15) is 48.0 Å². The summed E-state index contributed by atoms with van der Waals surface area (Å²) in [5, 5.41) is 19.7. The van der Waals surface area contributed by atoms with E-state index < -0.39 is 24.6 Å². The molecule has 0 fully saturated rings. The molecule has 2 unspecified atom stereocenters. The molecule has 4 N–H and O–H groups in total. The number of aliphatic hydroxyl groups is 1. The predicted octanol–water partition coefficient (Wildman–Crippen LogP) is 2.25. The largest absolute Gasteiger partial charge is 0.482 e. The SMILES string of the molecule is CCc1c(C(O)C(N)=O)c2c(n1Cc1ccccc1)CC(C)C=C2OCC(=O)O. The average molecular weight is 398 g/mol. The highest BCUT2D eigenvalue weighted by molar-refractivity contribution is 5.84. The number of amides is 1. The summed E-state index contributed by atoms with van der Waals surface area (Å²) in [6, 6.07) is 9.89. The molecule has 0 radical (unpaired) electrons. The summed E-state index contributed by atoms with van der Waals surface area (Å²) in [6.07, 6.45) is 1.59. The van der Waals surface area contributed by atoms with Gasteiger partial charge in [0, 0.05) is 29.1 Å². The number of fused-ring (bicyclic) bond motifs is 1. The van der Waals surface area contributed by atoms with Crippen molar-refractivity contribution in [2.75, 3.05) is 6.61 Å². The molecule has 0 bridgehead atoms. The number of carboxylic acids is 1. The van der Waals surface area contributed by atoms with Gasteiger partial charge in [-0.1, -0.05) is 44.2 Å². The molecule has 0 saturated carbocycles. The Labute approximate surface area is 169 Å². The molecule has 0 saturated heterocycles. The first kappa shape index (κ1) is 20.7. The van der Waals surface area contributed by atoms with Crippen molar-refractivity contribution in [2.45, 2.75) is 39.3 Å². The van der Waals surface area contributed by atoms with Gasteiger partial charge in [0.05, 0.1) is 0 Å². The van der Waals surface area contributed by atoms with Crippen LogP contribution in [0.5, 0.6) is 0 Å². The van der Waals surface area contributed by atoms with E-state index in [9.17, 15) is 14.7 Å². The monoisotopic (exact) mass is 398 g/mol. The number of allylic oxidation sites excluding steroid dienone is 1. The Balaban J connectivity index is 2.20. The Morgan fingerprint density at radius 3 is 2.59 bits per heavy atom. The van der Waals surface area contributed by atoms with E-state index in [4.69, 9.17) is 15.6 Å². The van der Waals surface area contributed by atoms with Gasteiger partial charge in [-0.3, -0.25) is 4.79 Å². The van der Waals surface area contributed by atoms with Crippen molar-refractivity contribution in [3.8, 4) is 0 Å². The molecule has 1 heterocycles. The summed E-state index contributed by atoms with van der Waals surface area (Å²) >= 11 is 0. The molecule has 154 valence electrons. The molecular weight excluding hydrogens is 372 g/mol. The third kappa shape index (κ3) is 4.19. The van der Waals surface area contributed by atoms with Gasteiger partial charge in [0.1, 0.15) is 5.76 Å². The second-order valence-corrected chi connectivity index (χ2v) is 7.31. The predicted molar refractivity (Wildman–Crippen MR) is 108 cm³/mol. The number of aliphatic hydroxyl groups excluding tert-OH is 1. The van der Waals surface area contributed by atoms with Crippen LogP contribution in [0.15, 0.2) is 36.4 Å². The number of carbonyl (C=O) groups is 2. The van der Waals surface area contributed by atoms with Gasteiger partial charge in [0.15, 0.2) is 12.7 Å². The van der Waals surface area contributed by atoms with Crippen LogP contribution in [0, 0.1) is 5.92 Å². The summed E-state index contributed by atoms with van der Waals surface area (Å²) in [7, 11) is 0. The Morgan fingerprint density at radius 1 is 1.31 bits per heavy atom. The third-order valence-corrected chi connectivity index (χ3v) is 5.13. The van der Waals surface area contributed by atoms with Gasteiger partial charge in [-0.05, 0) is 30.4 Å². The molecule has 1 aliphatic carbocycles. The van der Waals surface area contributed by atoms with E-state index in [0.717, 1.165) is 17.0 Å². The van der Waals surface area contributed by atoms with Crippen LogP contribution in [0.4, 0.5) is 0 Å². The Morgan fingerprint density at radius 2 is 2.00 bits per heavy atom. The molecule has 29 heavy (non-hydrogen) atoms. The van der Waals surface area contributed by atoms with Gasteiger partial charge in [-0.25, -0.2) is 4.79 Å². The van der Waals surface area contributed by atoms with Crippen LogP contribution < -0.4 is 5.73 Å². The number of benzene rings is 1. The maximum absolute atomic E-state index is 11.9. The molecule has 2 aromatic rings. The fourth-order valence-electron chi connectivity index (χ4n) is 3.97. The van der Waals surface area contributed by atoms with Gasteiger partial charge in [-0.15, -0.1) is 0 Å². The lowest BCUT2D eigenvalue weighted by Crippen LogP contribution is -2.23. The van der Waals surface area contributed by atoms with E-state index in [2.05, 4.69) is 4.57 Å². The molecule has 1 aliphatic rings. The van der Waals surface area contributed by atoms with Crippen molar-refractivity contribution in [3.63, 3.8) is 0 Å². The van der Waals surface area contributed by atoms with Crippen LogP contribution in [0.25, 0.3) is 5.76 Å². The molecule has 1 aromatic heterocycles. The maximum Gasteiger partial charge on any atom is 0.341 e. The first-order chi connectivity index (χ1) is 13.8. The standard InChI is InChI=1S/C22H26N2O5/c1-3-15-20(21(27)22(23)28)19-16(24(15)11-14-7-5-4-6-8-14)9-13(2)10-17(19)29-12-18(25)26/h4-8,10,13,21,27H,3,9,11-12H2,1-2H3,(H2,23,28)(H,25,26). The second-order valence-electron chi connectivity index (χ2n) is 7.31. The van der Waals surface area contributed by atoms with Crippen molar-refractivity contribution in [3.05, 3.63) is 64.5 Å². The summed E-state index contributed by atoms with van der Waals surface area (Å²) < 4.78 is 7.66. The minimum atomic E-state index is -1.50. The van der Waals surface area contributed by atoms with Crippen molar-refractivity contribution >= 4 is 17.6 Å². The molecule has 2 atom stereocenters. The molecule has 7 heteroatoms. The quantitative estimate of drug-likeness (QED) is 0.631.